The molecule has 1 aromatic carbocycles. The van der Waals surface area contributed by atoms with Crippen molar-refractivity contribution in [2.45, 2.75) is 25.8 Å². The van der Waals surface area contributed by atoms with Crippen LogP contribution in [0, 0.1) is 0 Å². The van der Waals surface area contributed by atoms with Gasteiger partial charge >= 0.3 is 5.97 Å². The predicted molar refractivity (Wildman–Crippen MR) is 82.1 cm³/mol. The molecule has 1 unspecified atom stereocenters. The van der Waals surface area contributed by atoms with Gasteiger partial charge in [0.05, 0.1) is 5.02 Å². The van der Waals surface area contributed by atoms with Crippen molar-refractivity contribution in [3.8, 4) is 0 Å². The molecule has 0 saturated heterocycles. The van der Waals surface area contributed by atoms with Gasteiger partial charge in [-0.1, -0.05) is 30.1 Å². The number of hydrogen-bond acceptors (Lipinski definition) is 2. The van der Waals surface area contributed by atoms with E-state index in [1.807, 2.05) is 0 Å². The van der Waals surface area contributed by atoms with E-state index in [2.05, 4.69) is 10.3 Å². The minimum atomic E-state index is -1.35. The van der Waals surface area contributed by atoms with Gasteiger partial charge in [-0.2, -0.15) is 0 Å². The molecule has 3 N–H and O–H groups in total. The molecular weight excluding hydrogens is 315 g/mol. The van der Waals surface area contributed by atoms with Gasteiger partial charge in [0.1, 0.15) is 11.2 Å². The van der Waals surface area contributed by atoms with Crippen LogP contribution in [-0.2, 0) is 4.79 Å². The van der Waals surface area contributed by atoms with Gasteiger partial charge in [0.25, 0.3) is 5.91 Å². The fourth-order valence-corrected chi connectivity index (χ4v) is 2.36. The number of H-pyrrole nitrogens is 1. The normalized spacial score (nSPS) is 13.9. The number of hydrogen-bond donors (Lipinski definition) is 3. The maximum Gasteiger partial charge on any atom is 0.329 e. The standard InChI is InChI=1S/C14H14Cl2N2O3/c1-3-14(2,13(20)21)18-12(19)11-10(16)8-6-7(15)4-5-9(8)17-11/h4-6,17H,3H2,1-2H3,(H,18,19)(H,20,21). The molecule has 0 bridgehead atoms. The maximum absolute atomic E-state index is 12.3. The van der Waals surface area contributed by atoms with Crippen molar-refractivity contribution >= 4 is 46.0 Å². The van der Waals surface area contributed by atoms with Crippen molar-refractivity contribution < 1.29 is 14.7 Å². The van der Waals surface area contributed by atoms with Gasteiger partial charge in [-0.25, -0.2) is 4.79 Å². The molecule has 0 fully saturated rings. The highest BCUT2D eigenvalue weighted by atomic mass is 35.5. The zero-order chi connectivity index (χ0) is 15.8. The van der Waals surface area contributed by atoms with Crippen LogP contribution in [0.4, 0.5) is 0 Å². The van der Waals surface area contributed by atoms with Crippen molar-refractivity contribution in [2.75, 3.05) is 0 Å². The Morgan fingerprint density at radius 2 is 2.05 bits per heavy atom. The number of rotatable bonds is 4. The molecule has 21 heavy (non-hydrogen) atoms. The van der Waals surface area contributed by atoms with E-state index in [4.69, 9.17) is 23.2 Å². The SMILES string of the molecule is CCC(C)(NC(=O)c1[nH]c2ccc(Cl)cc2c1Cl)C(=O)O. The third-order valence-electron chi connectivity index (χ3n) is 3.49. The lowest BCUT2D eigenvalue weighted by molar-refractivity contribution is -0.143. The Morgan fingerprint density at radius 1 is 1.38 bits per heavy atom. The second kappa shape index (κ2) is 5.58. The Hall–Kier alpha value is -1.72. The zero-order valence-electron chi connectivity index (χ0n) is 11.5. The monoisotopic (exact) mass is 328 g/mol. The van der Waals surface area contributed by atoms with Crippen LogP contribution in [-0.4, -0.2) is 27.5 Å². The molecule has 2 rings (SSSR count). The van der Waals surface area contributed by atoms with E-state index in [-0.39, 0.29) is 17.1 Å². The quantitative estimate of drug-likeness (QED) is 0.803. The summed E-state index contributed by atoms with van der Waals surface area (Å²) in [7, 11) is 0. The van der Waals surface area contributed by atoms with Crippen molar-refractivity contribution in [3.05, 3.63) is 33.9 Å². The van der Waals surface area contributed by atoms with Gasteiger partial charge in [0, 0.05) is 15.9 Å². The van der Waals surface area contributed by atoms with E-state index in [0.29, 0.717) is 15.9 Å². The third kappa shape index (κ3) is 2.84. The van der Waals surface area contributed by atoms with E-state index >= 15 is 0 Å². The molecule has 0 aliphatic rings. The van der Waals surface area contributed by atoms with Gasteiger partial charge in [-0.15, -0.1) is 0 Å². The number of aliphatic carboxylic acids is 1. The van der Waals surface area contributed by atoms with E-state index in [0.717, 1.165) is 0 Å². The van der Waals surface area contributed by atoms with Crippen molar-refractivity contribution in [3.63, 3.8) is 0 Å². The molecule has 1 heterocycles. The number of carbonyl (C=O) groups is 2. The highest BCUT2D eigenvalue weighted by molar-refractivity contribution is 6.39. The van der Waals surface area contributed by atoms with Crippen LogP contribution in [0.2, 0.25) is 10.0 Å². The van der Waals surface area contributed by atoms with Crippen LogP contribution >= 0.6 is 23.2 Å². The fourth-order valence-electron chi connectivity index (χ4n) is 1.89. The fraction of sp³-hybridized carbons (Fsp3) is 0.286. The molecule has 112 valence electrons. The number of aromatic amines is 1. The van der Waals surface area contributed by atoms with Gasteiger partial charge in [0.15, 0.2) is 0 Å². The summed E-state index contributed by atoms with van der Waals surface area (Å²) in [4.78, 5) is 26.4. The van der Waals surface area contributed by atoms with Crippen LogP contribution in [0.25, 0.3) is 10.9 Å². The summed E-state index contributed by atoms with van der Waals surface area (Å²) in [5.74, 6) is -1.67. The van der Waals surface area contributed by atoms with Crippen molar-refractivity contribution in [1.82, 2.24) is 10.3 Å². The first-order valence-electron chi connectivity index (χ1n) is 6.31. The molecule has 2 aromatic rings. The summed E-state index contributed by atoms with van der Waals surface area (Å²) in [6.45, 7) is 3.13. The largest absolute Gasteiger partial charge is 0.480 e. The first-order valence-corrected chi connectivity index (χ1v) is 7.06. The number of carbonyl (C=O) groups excluding carboxylic acids is 1. The Kier molecular flexibility index (Phi) is 4.16. The summed E-state index contributed by atoms with van der Waals surface area (Å²) in [5.41, 5.74) is -0.576. The average Bonchev–Trinajstić information content (AvgIpc) is 2.75. The van der Waals surface area contributed by atoms with Crippen LogP contribution < -0.4 is 5.32 Å². The molecule has 1 atom stereocenters. The van der Waals surface area contributed by atoms with Gasteiger partial charge in [-0.05, 0) is 31.5 Å². The van der Waals surface area contributed by atoms with Crippen LogP contribution in [0.1, 0.15) is 30.8 Å². The molecule has 0 aliphatic carbocycles. The lowest BCUT2D eigenvalue weighted by Crippen LogP contribution is -2.51. The summed E-state index contributed by atoms with van der Waals surface area (Å²) in [6, 6.07) is 5.02. The molecule has 0 aliphatic heterocycles. The third-order valence-corrected chi connectivity index (χ3v) is 4.12. The highest BCUT2D eigenvalue weighted by Gasteiger charge is 2.34. The number of halogens is 2. The average molecular weight is 329 g/mol. The molecule has 5 nitrogen and oxygen atoms in total. The molecule has 0 saturated carbocycles. The van der Waals surface area contributed by atoms with E-state index in [9.17, 15) is 14.7 Å². The van der Waals surface area contributed by atoms with Gasteiger partial charge < -0.3 is 15.4 Å². The number of fused-ring (bicyclic) bond motifs is 1. The van der Waals surface area contributed by atoms with E-state index < -0.39 is 17.4 Å². The predicted octanol–water partition coefficient (Wildman–Crippen LogP) is 3.46. The lowest BCUT2D eigenvalue weighted by atomic mass is 9.99. The smallest absolute Gasteiger partial charge is 0.329 e. The number of carboxylic acids is 1. The number of amides is 1. The maximum atomic E-state index is 12.3. The van der Waals surface area contributed by atoms with E-state index in [1.165, 1.54) is 6.92 Å². The second-order valence-electron chi connectivity index (χ2n) is 4.95. The van der Waals surface area contributed by atoms with Crippen LogP contribution in [0.3, 0.4) is 0 Å². The second-order valence-corrected chi connectivity index (χ2v) is 5.76. The van der Waals surface area contributed by atoms with E-state index in [1.54, 1.807) is 25.1 Å². The van der Waals surface area contributed by atoms with Crippen LogP contribution in [0.15, 0.2) is 18.2 Å². The van der Waals surface area contributed by atoms with Crippen molar-refractivity contribution in [1.29, 1.82) is 0 Å². The van der Waals surface area contributed by atoms with Gasteiger partial charge in [0.2, 0.25) is 0 Å². The minimum absolute atomic E-state index is 0.120. The summed E-state index contributed by atoms with van der Waals surface area (Å²) in [5, 5.41) is 13.0. The molecule has 7 heteroatoms. The number of nitrogens with one attached hydrogen (secondary N) is 2. The first kappa shape index (κ1) is 15.7. The Balaban J connectivity index is 2.40. The first-order chi connectivity index (χ1) is 9.78. The zero-order valence-corrected chi connectivity index (χ0v) is 13.0. The lowest BCUT2D eigenvalue weighted by Gasteiger charge is -2.24. The molecule has 1 amide bonds. The number of carboxylic acid groups (broad SMARTS) is 1. The minimum Gasteiger partial charge on any atom is -0.480 e. The molecule has 1 aromatic heterocycles. The summed E-state index contributed by atoms with van der Waals surface area (Å²) < 4.78 is 0. The highest BCUT2D eigenvalue weighted by Crippen LogP contribution is 2.30. The number of benzene rings is 1. The Labute approximate surface area is 131 Å². The summed E-state index contributed by atoms with van der Waals surface area (Å²) >= 11 is 12.1. The van der Waals surface area contributed by atoms with Crippen molar-refractivity contribution in [2.24, 2.45) is 0 Å². The summed E-state index contributed by atoms with van der Waals surface area (Å²) in [6.07, 6.45) is 0.248. The van der Waals surface area contributed by atoms with Gasteiger partial charge in [-0.3, -0.25) is 4.79 Å². The molecular formula is C14H14Cl2N2O3. The topological polar surface area (TPSA) is 82.2 Å². The molecule has 0 radical (unpaired) electrons. The van der Waals surface area contributed by atoms with Crippen LogP contribution in [0.5, 0.6) is 0 Å². The molecule has 0 spiro atoms. The Bertz CT molecular complexity index is 726. The number of aromatic nitrogens is 1. The Morgan fingerprint density at radius 3 is 2.62 bits per heavy atom.